The van der Waals surface area contributed by atoms with E-state index in [1.54, 1.807) is 0 Å². The van der Waals surface area contributed by atoms with Crippen molar-refractivity contribution < 1.29 is 9.47 Å². The summed E-state index contributed by atoms with van der Waals surface area (Å²) in [6.07, 6.45) is 3.89. The third kappa shape index (κ3) is 2.37. The van der Waals surface area contributed by atoms with Gasteiger partial charge >= 0.3 is 0 Å². The van der Waals surface area contributed by atoms with E-state index in [9.17, 15) is 0 Å². The molecule has 1 atom stereocenters. The molecule has 0 aliphatic carbocycles. The van der Waals surface area contributed by atoms with Crippen molar-refractivity contribution in [1.82, 2.24) is 5.32 Å². The van der Waals surface area contributed by atoms with Crippen LogP contribution in [0.4, 0.5) is 0 Å². The van der Waals surface area contributed by atoms with E-state index < -0.39 is 0 Å². The smallest absolute Gasteiger partial charge is 0.119 e. The predicted molar refractivity (Wildman–Crippen MR) is 75.7 cm³/mol. The molecule has 1 unspecified atom stereocenters. The molecule has 2 aliphatic heterocycles. The van der Waals surface area contributed by atoms with Crippen LogP contribution in [-0.4, -0.2) is 32.4 Å². The van der Waals surface area contributed by atoms with E-state index in [-0.39, 0.29) is 5.41 Å². The van der Waals surface area contributed by atoms with Crippen LogP contribution >= 0.6 is 0 Å². The first-order valence-corrected chi connectivity index (χ1v) is 7.39. The van der Waals surface area contributed by atoms with E-state index >= 15 is 0 Å². The van der Waals surface area contributed by atoms with E-state index in [0.717, 1.165) is 32.1 Å². The highest BCUT2D eigenvalue weighted by molar-refractivity contribution is 5.36. The molecule has 2 aliphatic rings. The molecule has 0 bridgehead atoms. The minimum absolute atomic E-state index is 0.186. The molecule has 19 heavy (non-hydrogen) atoms. The largest absolute Gasteiger partial charge is 0.494 e. The van der Waals surface area contributed by atoms with Gasteiger partial charge in [-0.2, -0.15) is 0 Å². The number of hydrogen-bond acceptors (Lipinski definition) is 3. The summed E-state index contributed by atoms with van der Waals surface area (Å²) in [5.74, 6) is 0.957. The lowest BCUT2D eigenvalue weighted by molar-refractivity contribution is -0.0827. The molecule has 1 aromatic carbocycles. The highest BCUT2D eigenvalue weighted by atomic mass is 16.5. The molecule has 0 spiro atoms. The summed E-state index contributed by atoms with van der Waals surface area (Å²) in [6.45, 7) is 5.57. The first-order chi connectivity index (χ1) is 9.35. The maximum atomic E-state index is 5.55. The Labute approximate surface area is 115 Å². The second-order valence-electron chi connectivity index (χ2n) is 5.61. The minimum Gasteiger partial charge on any atom is -0.494 e. The normalized spacial score (nSPS) is 25.6. The van der Waals surface area contributed by atoms with Gasteiger partial charge in [0.1, 0.15) is 5.75 Å². The van der Waals surface area contributed by atoms with Crippen LogP contribution in [0, 0.1) is 0 Å². The van der Waals surface area contributed by atoms with Crippen molar-refractivity contribution in [3.05, 3.63) is 29.8 Å². The Bertz CT molecular complexity index is 405. The van der Waals surface area contributed by atoms with Gasteiger partial charge in [-0.25, -0.2) is 0 Å². The molecule has 0 amide bonds. The molecule has 0 saturated carbocycles. The van der Waals surface area contributed by atoms with Crippen molar-refractivity contribution in [1.29, 1.82) is 0 Å². The quantitative estimate of drug-likeness (QED) is 0.903. The van der Waals surface area contributed by atoms with Crippen molar-refractivity contribution in [3.63, 3.8) is 0 Å². The number of nitrogens with one attached hydrogen (secondary N) is 1. The van der Waals surface area contributed by atoms with E-state index in [2.05, 4.69) is 29.6 Å². The summed E-state index contributed by atoms with van der Waals surface area (Å²) in [6, 6.07) is 9.16. The lowest BCUT2D eigenvalue weighted by Crippen LogP contribution is -2.61. The molecule has 3 nitrogen and oxygen atoms in total. The number of benzene rings is 1. The zero-order valence-corrected chi connectivity index (χ0v) is 11.7. The maximum Gasteiger partial charge on any atom is 0.119 e. The summed E-state index contributed by atoms with van der Waals surface area (Å²) in [5, 5.41) is 3.69. The van der Waals surface area contributed by atoms with Crippen LogP contribution in [-0.2, 0) is 10.2 Å². The molecular weight excluding hydrogens is 238 g/mol. The van der Waals surface area contributed by atoms with E-state index in [0.29, 0.717) is 6.04 Å². The lowest BCUT2D eigenvalue weighted by Gasteiger charge is -2.49. The molecule has 1 aromatic rings. The van der Waals surface area contributed by atoms with Gasteiger partial charge in [0.2, 0.25) is 0 Å². The monoisotopic (exact) mass is 261 g/mol. The Balaban J connectivity index is 1.80. The fourth-order valence-corrected chi connectivity index (χ4v) is 3.26. The second-order valence-corrected chi connectivity index (χ2v) is 5.61. The van der Waals surface area contributed by atoms with Crippen molar-refractivity contribution >= 4 is 0 Å². The SMILES string of the molecule is CCOc1ccc(C2(C3CCCCN3)COC2)cc1. The van der Waals surface area contributed by atoms with Crippen LogP contribution in [0.25, 0.3) is 0 Å². The Hall–Kier alpha value is -1.06. The van der Waals surface area contributed by atoms with E-state index in [1.807, 2.05) is 6.92 Å². The predicted octanol–water partition coefficient (Wildman–Crippen LogP) is 2.50. The van der Waals surface area contributed by atoms with Gasteiger partial charge in [0.15, 0.2) is 0 Å². The highest BCUT2D eigenvalue weighted by Crippen LogP contribution is 2.39. The van der Waals surface area contributed by atoms with Crippen molar-refractivity contribution in [2.24, 2.45) is 0 Å². The number of hydrogen-bond donors (Lipinski definition) is 1. The van der Waals surface area contributed by atoms with Gasteiger partial charge < -0.3 is 14.8 Å². The summed E-state index contributed by atoms with van der Waals surface area (Å²) < 4.78 is 11.1. The van der Waals surface area contributed by atoms with Gasteiger partial charge in [0.05, 0.1) is 25.2 Å². The zero-order chi connectivity index (χ0) is 13.1. The number of piperidine rings is 1. The zero-order valence-electron chi connectivity index (χ0n) is 11.7. The van der Waals surface area contributed by atoms with Gasteiger partial charge in [0.25, 0.3) is 0 Å². The summed E-state index contributed by atoms with van der Waals surface area (Å²) in [4.78, 5) is 0. The van der Waals surface area contributed by atoms with Crippen LogP contribution in [0.2, 0.25) is 0 Å². The van der Waals surface area contributed by atoms with Gasteiger partial charge in [-0.15, -0.1) is 0 Å². The van der Waals surface area contributed by atoms with E-state index in [4.69, 9.17) is 9.47 Å². The molecule has 104 valence electrons. The number of rotatable bonds is 4. The first kappa shape index (κ1) is 12.9. The average Bonchev–Trinajstić information content (AvgIpc) is 2.41. The summed E-state index contributed by atoms with van der Waals surface area (Å²) >= 11 is 0. The van der Waals surface area contributed by atoms with Crippen LogP contribution in [0.1, 0.15) is 31.7 Å². The summed E-state index contributed by atoms with van der Waals surface area (Å²) in [7, 11) is 0. The summed E-state index contributed by atoms with van der Waals surface area (Å²) in [5.41, 5.74) is 1.58. The Kier molecular flexibility index (Phi) is 3.76. The molecule has 0 radical (unpaired) electrons. The van der Waals surface area contributed by atoms with Crippen molar-refractivity contribution in [3.8, 4) is 5.75 Å². The van der Waals surface area contributed by atoms with Gasteiger partial charge in [-0.05, 0) is 44.0 Å². The van der Waals surface area contributed by atoms with Crippen molar-refractivity contribution in [2.75, 3.05) is 26.4 Å². The highest BCUT2D eigenvalue weighted by Gasteiger charge is 2.47. The average molecular weight is 261 g/mol. The Morgan fingerprint density at radius 3 is 2.58 bits per heavy atom. The van der Waals surface area contributed by atoms with Crippen LogP contribution in [0.5, 0.6) is 5.75 Å². The molecule has 1 N–H and O–H groups in total. The van der Waals surface area contributed by atoms with Crippen LogP contribution < -0.4 is 10.1 Å². The topological polar surface area (TPSA) is 30.5 Å². The van der Waals surface area contributed by atoms with Crippen LogP contribution in [0.3, 0.4) is 0 Å². The first-order valence-electron chi connectivity index (χ1n) is 7.39. The molecule has 3 heteroatoms. The van der Waals surface area contributed by atoms with E-state index in [1.165, 1.54) is 24.8 Å². The fraction of sp³-hybridized carbons (Fsp3) is 0.625. The van der Waals surface area contributed by atoms with Gasteiger partial charge in [-0.1, -0.05) is 18.6 Å². The van der Waals surface area contributed by atoms with Gasteiger partial charge in [0, 0.05) is 6.04 Å². The third-order valence-corrected chi connectivity index (χ3v) is 4.44. The molecule has 2 fully saturated rings. The van der Waals surface area contributed by atoms with Crippen LogP contribution in [0.15, 0.2) is 24.3 Å². The second kappa shape index (κ2) is 5.51. The standard InChI is InChI=1S/C16H23NO2/c1-2-19-14-8-6-13(7-9-14)16(11-18-12-16)15-5-3-4-10-17-15/h6-9,15,17H,2-5,10-12H2,1H3. The minimum atomic E-state index is 0.186. The third-order valence-electron chi connectivity index (χ3n) is 4.44. The molecule has 2 heterocycles. The molecule has 0 aromatic heterocycles. The molecular formula is C16H23NO2. The Morgan fingerprint density at radius 1 is 1.26 bits per heavy atom. The molecule has 2 saturated heterocycles. The number of ether oxygens (including phenoxy) is 2. The maximum absolute atomic E-state index is 5.55. The lowest BCUT2D eigenvalue weighted by atomic mass is 9.70. The van der Waals surface area contributed by atoms with Gasteiger partial charge in [-0.3, -0.25) is 0 Å². The molecule has 3 rings (SSSR count). The Morgan fingerprint density at radius 2 is 2.05 bits per heavy atom. The fourth-order valence-electron chi connectivity index (χ4n) is 3.26. The van der Waals surface area contributed by atoms with Crippen molar-refractivity contribution in [2.45, 2.75) is 37.6 Å².